The van der Waals surface area contributed by atoms with Gasteiger partial charge in [0.15, 0.2) is 0 Å². The molecule has 0 heteroatoms. The Kier molecular flexibility index (Phi) is 13.0. The Bertz CT molecular complexity index is 153. The smallest absolute Gasteiger partial charge is 0.0351 e. The summed E-state index contributed by atoms with van der Waals surface area (Å²) in [6.45, 7) is 4.44. The van der Waals surface area contributed by atoms with E-state index in [9.17, 15) is 0 Å². The summed E-state index contributed by atoms with van der Waals surface area (Å²) in [6.07, 6.45) is 21.1. The van der Waals surface area contributed by atoms with Gasteiger partial charge in [0.05, 0.1) is 0 Å². The summed E-state index contributed by atoms with van der Waals surface area (Å²) in [6, 6.07) is 0. The third kappa shape index (κ3) is 13.5. The number of unbranched alkanes of at least 4 members (excludes halogenated alkanes) is 6. The molecule has 0 heterocycles. The van der Waals surface area contributed by atoms with Crippen LogP contribution in [0.3, 0.4) is 0 Å². The van der Waals surface area contributed by atoms with Crippen LogP contribution >= 0.6 is 0 Å². The van der Waals surface area contributed by atoms with Gasteiger partial charge in [-0.05, 0) is 38.5 Å². The first kappa shape index (κ1) is 14.5. The van der Waals surface area contributed by atoms with E-state index in [1.807, 2.05) is 0 Å². The molecule has 0 atom stereocenters. The Morgan fingerprint density at radius 2 is 1.13 bits per heavy atom. The minimum Gasteiger partial charge on any atom is -0.0888 e. The molecule has 0 aromatic rings. The van der Waals surface area contributed by atoms with E-state index in [1.54, 1.807) is 0 Å². The summed E-state index contributed by atoms with van der Waals surface area (Å²) in [7, 11) is 0. The second kappa shape index (κ2) is 13.5. The maximum Gasteiger partial charge on any atom is -0.0351 e. The molecular weight excluding hydrogens is 180 g/mol. The van der Waals surface area contributed by atoms with E-state index < -0.39 is 0 Å². The standard InChI is InChI=1S/C15H28/c1-3-5-7-9-11-13-15-14-12-10-8-6-4-2/h5,7,10,12H,3-4,6,8-9,11,13-15H2,1-2H3. The van der Waals surface area contributed by atoms with Gasteiger partial charge < -0.3 is 0 Å². The van der Waals surface area contributed by atoms with E-state index in [0.717, 1.165) is 0 Å². The lowest BCUT2D eigenvalue weighted by Crippen LogP contribution is -1.75. The molecule has 0 aromatic heterocycles. The van der Waals surface area contributed by atoms with Crippen molar-refractivity contribution in [2.45, 2.75) is 71.6 Å². The zero-order valence-corrected chi connectivity index (χ0v) is 10.7. The second-order valence-electron chi connectivity index (χ2n) is 4.13. The molecule has 0 N–H and O–H groups in total. The van der Waals surface area contributed by atoms with Gasteiger partial charge >= 0.3 is 0 Å². The van der Waals surface area contributed by atoms with Crippen molar-refractivity contribution in [3.8, 4) is 0 Å². The molecule has 0 nitrogen and oxygen atoms in total. The topological polar surface area (TPSA) is 0 Å². The Morgan fingerprint density at radius 3 is 1.67 bits per heavy atom. The molecule has 0 aliphatic rings. The van der Waals surface area contributed by atoms with Crippen LogP contribution < -0.4 is 0 Å². The molecule has 0 radical (unpaired) electrons. The van der Waals surface area contributed by atoms with Gasteiger partial charge in [0.25, 0.3) is 0 Å². The molecule has 0 aliphatic carbocycles. The number of hydrogen-bond donors (Lipinski definition) is 0. The van der Waals surface area contributed by atoms with E-state index in [4.69, 9.17) is 0 Å². The predicted octanol–water partition coefficient (Wildman–Crippen LogP) is 5.65. The highest BCUT2D eigenvalue weighted by atomic mass is 13.9. The number of hydrogen-bond acceptors (Lipinski definition) is 0. The SMILES string of the molecule is CCC=CCCCCCC=CCCCC. The van der Waals surface area contributed by atoms with Gasteiger partial charge in [0.1, 0.15) is 0 Å². The summed E-state index contributed by atoms with van der Waals surface area (Å²) >= 11 is 0. The van der Waals surface area contributed by atoms with Crippen LogP contribution in [0.1, 0.15) is 71.6 Å². The van der Waals surface area contributed by atoms with Crippen molar-refractivity contribution in [3.05, 3.63) is 24.3 Å². The van der Waals surface area contributed by atoms with Gasteiger partial charge in [0.2, 0.25) is 0 Å². The van der Waals surface area contributed by atoms with Gasteiger partial charge in [-0.2, -0.15) is 0 Å². The largest absolute Gasteiger partial charge is 0.0888 e. The van der Waals surface area contributed by atoms with Crippen molar-refractivity contribution in [1.82, 2.24) is 0 Å². The van der Waals surface area contributed by atoms with Gasteiger partial charge in [-0.3, -0.25) is 0 Å². The molecule has 0 amide bonds. The van der Waals surface area contributed by atoms with Gasteiger partial charge in [-0.25, -0.2) is 0 Å². The van der Waals surface area contributed by atoms with E-state index in [0.29, 0.717) is 0 Å². The summed E-state index contributed by atoms with van der Waals surface area (Å²) in [5.74, 6) is 0. The molecule has 0 aromatic carbocycles. The maximum absolute atomic E-state index is 2.36. The van der Waals surface area contributed by atoms with Gasteiger partial charge in [0, 0.05) is 0 Å². The van der Waals surface area contributed by atoms with Gasteiger partial charge in [-0.15, -0.1) is 0 Å². The van der Waals surface area contributed by atoms with Crippen molar-refractivity contribution in [2.24, 2.45) is 0 Å². The summed E-state index contributed by atoms with van der Waals surface area (Å²) < 4.78 is 0. The second-order valence-corrected chi connectivity index (χ2v) is 4.13. The fourth-order valence-corrected chi connectivity index (χ4v) is 1.54. The van der Waals surface area contributed by atoms with Crippen LogP contribution in [0.15, 0.2) is 24.3 Å². The van der Waals surface area contributed by atoms with E-state index >= 15 is 0 Å². The number of allylic oxidation sites excluding steroid dienone is 4. The lowest BCUT2D eigenvalue weighted by molar-refractivity contribution is 0.693. The molecule has 15 heavy (non-hydrogen) atoms. The predicted molar refractivity (Wildman–Crippen MR) is 71.2 cm³/mol. The highest BCUT2D eigenvalue weighted by Crippen LogP contribution is 2.05. The normalized spacial score (nSPS) is 11.9. The Morgan fingerprint density at radius 1 is 0.600 bits per heavy atom. The quantitative estimate of drug-likeness (QED) is 0.321. The van der Waals surface area contributed by atoms with E-state index in [1.165, 1.54) is 57.8 Å². The minimum atomic E-state index is 1.18. The van der Waals surface area contributed by atoms with Crippen molar-refractivity contribution in [2.75, 3.05) is 0 Å². The van der Waals surface area contributed by atoms with E-state index in [-0.39, 0.29) is 0 Å². The zero-order valence-electron chi connectivity index (χ0n) is 10.7. The first-order chi connectivity index (χ1) is 7.41. The van der Waals surface area contributed by atoms with Crippen LogP contribution in [0, 0.1) is 0 Å². The molecule has 0 fully saturated rings. The molecule has 0 saturated carbocycles. The highest BCUT2D eigenvalue weighted by molar-refractivity contribution is 4.82. The van der Waals surface area contributed by atoms with Gasteiger partial charge in [-0.1, -0.05) is 57.4 Å². The van der Waals surface area contributed by atoms with Crippen LogP contribution in [0.25, 0.3) is 0 Å². The minimum absolute atomic E-state index is 1.18. The van der Waals surface area contributed by atoms with E-state index in [2.05, 4.69) is 38.2 Å². The summed E-state index contributed by atoms with van der Waals surface area (Å²) in [4.78, 5) is 0. The molecule has 0 bridgehead atoms. The van der Waals surface area contributed by atoms with Crippen LogP contribution in [0.5, 0.6) is 0 Å². The fourth-order valence-electron chi connectivity index (χ4n) is 1.54. The highest BCUT2D eigenvalue weighted by Gasteiger charge is 1.85. The lowest BCUT2D eigenvalue weighted by atomic mass is 10.1. The fraction of sp³-hybridized carbons (Fsp3) is 0.733. The third-order valence-electron chi connectivity index (χ3n) is 2.53. The van der Waals surface area contributed by atoms with Crippen molar-refractivity contribution < 1.29 is 0 Å². The average molecular weight is 208 g/mol. The molecule has 0 spiro atoms. The Labute approximate surface area is 96.5 Å². The number of rotatable bonds is 10. The zero-order chi connectivity index (χ0) is 11.2. The summed E-state index contributed by atoms with van der Waals surface area (Å²) in [5.41, 5.74) is 0. The molecular formula is C15H28. The Hall–Kier alpha value is -0.520. The Balaban J connectivity index is 3.04. The lowest BCUT2D eigenvalue weighted by Gasteiger charge is -1.95. The molecule has 0 aliphatic heterocycles. The maximum atomic E-state index is 2.36. The molecule has 0 saturated heterocycles. The third-order valence-corrected chi connectivity index (χ3v) is 2.53. The van der Waals surface area contributed by atoms with Crippen molar-refractivity contribution >= 4 is 0 Å². The first-order valence-corrected chi connectivity index (χ1v) is 6.71. The van der Waals surface area contributed by atoms with Crippen molar-refractivity contribution in [3.63, 3.8) is 0 Å². The molecule has 0 rings (SSSR count). The van der Waals surface area contributed by atoms with Crippen LogP contribution in [-0.4, -0.2) is 0 Å². The van der Waals surface area contributed by atoms with Crippen LogP contribution in [-0.2, 0) is 0 Å². The average Bonchev–Trinajstić information content (AvgIpc) is 2.26. The monoisotopic (exact) mass is 208 g/mol. The van der Waals surface area contributed by atoms with Crippen LogP contribution in [0.4, 0.5) is 0 Å². The van der Waals surface area contributed by atoms with Crippen molar-refractivity contribution in [1.29, 1.82) is 0 Å². The summed E-state index contributed by atoms with van der Waals surface area (Å²) in [5, 5.41) is 0. The molecule has 88 valence electrons. The van der Waals surface area contributed by atoms with Crippen LogP contribution in [0.2, 0.25) is 0 Å². The molecule has 0 unspecified atom stereocenters. The first-order valence-electron chi connectivity index (χ1n) is 6.71.